The standard InChI is InChI=1S/C17H23ClFNO3S/c1-3-13-7-4-5-10-20(13)17(21)12(2)24(22,23)11-14-15(18)8-6-9-16(14)19/h6,8-9,12-13H,3-5,7,10-11H2,1-2H3. The molecule has 0 saturated carbocycles. The van der Waals surface area contributed by atoms with Crippen LogP contribution in [0.25, 0.3) is 0 Å². The summed E-state index contributed by atoms with van der Waals surface area (Å²) in [4.78, 5) is 14.4. The number of sulfone groups is 1. The molecule has 1 aliphatic heterocycles. The predicted octanol–water partition coefficient (Wildman–Crippen LogP) is 3.57. The van der Waals surface area contributed by atoms with Gasteiger partial charge in [0.1, 0.15) is 11.1 Å². The summed E-state index contributed by atoms with van der Waals surface area (Å²) in [5.41, 5.74) is -0.0792. The fourth-order valence-electron chi connectivity index (χ4n) is 3.10. The summed E-state index contributed by atoms with van der Waals surface area (Å²) in [5.74, 6) is -1.64. The molecular formula is C17H23ClFNO3S. The molecular weight excluding hydrogens is 353 g/mol. The number of rotatable bonds is 5. The molecule has 1 heterocycles. The van der Waals surface area contributed by atoms with E-state index in [2.05, 4.69) is 0 Å². The van der Waals surface area contributed by atoms with E-state index in [1.165, 1.54) is 25.1 Å². The zero-order chi connectivity index (χ0) is 17.9. The molecule has 7 heteroatoms. The van der Waals surface area contributed by atoms with Gasteiger partial charge in [-0.1, -0.05) is 24.6 Å². The number of halogens is 2. The highest BCUT2D eigenvalue weighted by molar-refractivity contribution is 7.92. The Morgan fingerprint density at radius 3 is 2.75 bits per heavy atom. The van der Waals surface area contributed by atoms with Crippen molar-refractivity contribution in [2.24, 2.45) is 0 Å². The minimum absolute atomic E-state index is 0.0580. The van der Waals surface area contributed by atoms with Crippen molar-refractivity contribution in [3.05, 3.63) is 34.6 Å². The van der Waals surface area contributed by atoms with Crippen LogP contribution in [0.1, 0.15) is 45.1 Å². The van der Waals surface area contributed by atoms with Gasteiger partial charge in [-0.3, -0.25) is 4.79 Å². The second-order valence-corrected chi connectivity index (χ2v) is 8.97. The molecule has 2 atom stereocenters. The second kappa shape index (κ2) is 7.83. The molecule has 0 N–H and O–H groups in total. The molecule has 0 radical (unpaired) electrons. The van der Waals surface area contributed by atoms with Crippen LogP contribution in [0.15, 0.2) is 18.2 Å². The number of hydrogen-bond donors (Lipinski definition) is 0. The van der Waals surface area contributed by atoms with Crippen molar-refractivity contribution in [1.29, 1.82) is 0 Å². The minimum Gasteiger partial charge on any atom is -0.339 e. The average Bonchev–Trinajstić information content (AvgIpc) is 2.57. The first-order valence-electron chi connectivity index (χ1n) is 8.23. The van der Waals surface area contributed by atoms with Crippen LogP contribution in [-0.2, 0) is 20.4 Å². The molecule has 1 aliphatic rings. The highest BCUT2D eigenvalue weighted by atomic mass is 35.5. The maximum atomic E-state index is 13.9. The molecule has 1 fully saturated rings. The number of amides is 1. The lowest BCUT2D eigenvalue weighted by Gasteiger charge is -2.36. The molecule has 1 amide bonds. The van der Waals surface area contributed by atoms with E-state index in [0.29, 0.717) is 6.54 Å². The Balaban J connectivity index is 2.20. The van der Waals surface area contributed by atoms with Gasteiger partial charge < -0.3 is 4.90 Å². The van der Waals surface area contributed by atoms with E-state index in [-0.39, 0.29) is 16.6 Å². The summed E-state index contributed by atoms with van der Waals surface area (Å²) in [6, 6.07) is 4.11. The van der Waals surface area contributed by atoms with Crippen molar-refractivity contribution in [2.45, 2.75) is 56.6 Å². The lowest BCUT2D eigenvalue weighted by molar-refractivity contribution is -0.134. The third kappa shape index (κ3) is 4.09. The fraction of sp³-hybridized carbons (Fsp3) is 0.588. The van der Waals surface area contributed by atoms with Crippen molar-refractivity contribution in [2.75, 3.05) is 6.54 Å². The SMILES string of the molecule is CCC1CCCCN1C(=O)C(C)S(=O)(=O)Cc1c(F)cccc1Cl. The number of carbonyl (C=O) groups excluding carboxylic acids is 1. The Morgan fingerprint density at radius 1 is 1.42 bits per heavy atom. The van der Waals surface area contributed by atoms with Gasteiger partial charge in [0.05, 0.1) is 5.75 Å². The lowest BCUT2D eigenvalue weighted by atomic mass is 10.00. The van der Waals surface area contributed by atoms with Gasteiger partial charge in [-0.2, -0.15) is 0 Å². The number of carbonyl (C=O) groups is 1. The van der Waals surface area contributed by atoms with Crippen LogP contribution in [0.3, 0.4) is 0 Å². The van der Waals surface area contributed by atoms with Crippen LogP contribution < -0.4 is 0 Å². The van der Waals surface area contributed by atoms with Gasteiger partial charge in [0.15, 0.2) is 9.84 Å². The second-order valence-electron chi connectivity index (χ2n) is 6.24. The van der Waals surface area contributed by atoms with E-state index in [1.807, 2.05) is 6.92 Å². The first-order valence-corrected chi connectivity index (χ1v) is 10.3. The van der Waals surface area contributed by atoms with Gasteiger partial charge in [0.2, 0.25) is 5.91 Å². The molecule has 0 aromatic heterocycles. The van der Waals surface area contributed by atoms with Crippen molar-refractivity contribution in [3.8, 4) is 0 Å². The van der Waals surface area contributed by atoms with Crippen LogP contribution in [0.4, 0.5) is 4.39 Å². The number of benzene rings is 1. The van der Waals surface area contributed by atoms with Crippen molar-refractivity contribution in [3.63, 3.8) is 0 Å². The summed E-state index contributed by atoms with van der Waals surface area (Å²) < 4.78 is 39.1. The van der Waals surface area contributed by atoms with Gasteiger partial charge in [0.25, 0.3) is 0 Å². The van der Waals surface area contributed by atoms with E-state index in [1.54, 1.807) is 4.90 Å². The number of nitrogens with zero attached hydrogens (tertiary/aromatic N) is 1. The maximum absolute atomic E-state index is 13.9. The summed E-state index contributed by atoms with van der Waals surface area (Å²) in [6.07, 6.45) is 3.63. The van der Waals surface area contributed by atoms with Crippen LogP contribution in [-0.4, -0.2) is 37.1 Å². The Morgan fingerprint density at radius 2 is 2.12 bits per heavy atom. The monoisotopic (exact) mass is 375 g/mol. The smallest absolute Gasteiger partial charge is 0.240 e. The Bertz CT molecular complexity index is 688. The molecule has 1 saturated heterocycles. The normalized spacial score (nSPS) is 20.0. The third-order valence-electron chi connectivity index (χ3n) is 4.68. The molecule has 0 spiro atoms. The number of piperidine rings is 1. The first-order chi connectivity index (χ1) is 11.3. The predicted molar refractivity (Wildman–Crippen MR) is 93.1 cm³/mol. The largest absolute Gasteiger partial charge is 0.339 e. The molecule has 24 heavy (non-hydrogen) atoms. The maximum Gasteiger partial charge on any atom is 0.240 e. The molecule has 2 rings (SSSR count). The van der Waals surface area contributed by atoms with E-state index >= 15 is 0 Å². The average molecular weight is 376 g/mol. The number of likely N-dealkylation sites (tertiary alicyclic amines) is 1. The van der Waals surface area contributed by atoms with Crippen LogP contribution in [0.2, 0.25) is 5.02 Å². The van der Waals surface area contributed by atoms with Crippen molar-refractivity contribution < 1.29 is 17.6 Å². The van der Waals surface area contributed by atoms with Gasteiger partial charge in [-0.15, -0.1) is 0 Å². The summed E-state index contributed by atoms with van der Waals surface area (Å²) in [5, 5.41) is -1.15. The molecule has 4 nitrogen and oxygen atoms in total. The summed E-state index contributed by atoms with van der Waals surface area (Å²) in [6.45, 7) is 3.96. The Kier molecular flexibility index (Phi) is 6.26. The molecule has 0 aliphatic carbocycles. The zero-order valence-corrected chi connectivity index (χ0v) is 15.5. The summed E-state index contributed by atoms with van der Waals surface area (Å²) >= 11 is 5.91. The quantitative estimate of drug-likeness (QED) is 0.790. The van der Waals surface area contributed by atoms with E-state index in [9.17, 15) is 17.6 Å². The molecule has 1 aromatic rings. The van der Waals surface area contributed by atoms with E-state index in [0.717, 1.165) is 25.7 Å². The highest BCUT2D eigenvalue weighted by Gasteiger charge is 2.36. The molecule has 1 aromatic carbocycles. The van der Waals surface area contributed by atoms with Crippen molar-refractivity contribution >= 4 is 27.3 Å². The number of hydrogen-bond acceptors (Lipinski definition) is 3. The fourth-order valence-corrected chi connectivity index (χ4v) is 4.80. The van der Waals surface area contributed by atoms with Gasteiger partial charge in [-0.25, -0.2) is 12.8 Å². The lowest BCUT2D eigenvalue weighted by Crippen LogP contribution is -2.49. The summed E-state index contributed by atoms with van der Waals surface area (Å²) in [7, 11) is -3.85. The van der Waals surface area contributed by atoms with Gasteiger partial charge in [-0.05, 0) is 44.7 Å². The molecule has 134 valence electrons. The van der Waals surface area contributed by atoms with Crippen molar-refractivity contribution in [1.82, 2.24) is 4.90 Å². The van der Waals surface area contributed by atoms with Crippen LogP contribution in [0, 0.1) is 5.82 Å². The van der Waals surface area contributed by atoms with E-state index < -0.39 is 32.6 Å². The third-order valence-corrected chi connectivity index (χ3v) is 7.00. The topological polar surface area (TPSA) is 54.5 Å². The zero-order valence-electron chi connectivity index (χ0n) is 14.0. The van der Waals surface area contributed by atoms with Gasteiger partial charge in [0, 0.05) is 23.2 Å². The molecule has 0 bridgehead atoms. The first kappa shape index (κ1) is 19.2. The van der Waals surface area contributed by atoms with Crippen LogP contribution >= 0.6 is 11.6 Å². The Hall–Kier alpha value is -1.14. The molecule has 2 unspecified atom stereocenters. The van der Waals surface area contributed by atoms with E-state index in [4.69, 9.17) is 11.6 Å². The van der Waals surface area contributed by atoms with Gasteiger partial charge >= 0.3 is 0 Å². The minimum atomic E-state index is -3.85. The van der Waals surface area contributed by atoms with Crippen LogP contribution in [0.5, 0.6) is 0 Å². The highest BCUT2D eigenvalue weighted by Crippen LogP contribution is 2.25. The Labute approximate surface area is 147 Å².